The van der Waals surface area contributed by atoms with Crippen LogP contribution in [0.1, 0.15) is 24.7 Å². The van der Waals surface area contributed by atoms with Crippen LogP contribution in [0.15, 0.2) is 28.7 Å². The Morgan fingerprint density at radius 2 is 2.22 bits per heavy atom. The number of carbonyl (C=O) groups excluding carboxylic acids is 1. The van der Waals surface area contributed by atoms with Gasteiger partial charge in [0.1, 0.15) is 0 Å². The van der Waals surface area contributed by atoms with Gasteiger partial charge in [-0.15, -0.1) is 11.8 Å². The van der Waals surface area contributed by atoms with Crippen LogP contribution in [0.2, 0.25) is 0 Å². The summed E-state index contributed by atoms with van der Waals surface area (Å²) in [5.74, 6) is 0.496. The van der Waals surface area contributed by atoms with Crippen LogP contribution in [0.3, 0.4) is 0 Å². The molecule has 0 aliphatic rings. The molecule has 3 nitrogen and oxygen atoms in total. The van der Waals surface area contributed by atoms with Gasteiger partial charge >= 0.3 is 0 Å². The third kappa shape index (κ3) is 5.42. The van der Waals surface area contributed by atoms with E-state index in [-0.39, 0.29) is 17.2 Å². The molecular formula is C13H19BrN2OS. The molecule has 0 radical (unpaired) electrons. The Kier molecular flexibility index (Phi) is 6.75. The SMILES string of the molecule is CC(C)NC(=O)CSC(CN)c1cccc(Br)c1. The summed E-state index contributed by atoms with van der Waals surface area (Å²) in [7, 11) is 0. The van der Waals surface area contributed by atoms with Gasteiger partial charge < -0.3 is 11.1 Å². The van der Waals surface area contributed by atoms with E-state index < -0.39 is 0 Å². The first-order valence-corrected chi connectivity index (χ1v) is 7.73. The number of thioether (sulfide) groups is 1. The Balaban J connectivity index is 2.55. The molecule has 0 aromatic heterocycles. The highest BCUT2D eigenvalue weighted by Crippen LogP contribution is 2.29. The van der Waals surface area contributed by atoms with Crippen molar-refractivity contribution in [1.82, 2.24) is 5.32 Å². The molecule has 0 saturated heterocycles. The third-order valence-electron chi connectivity index (χ3n) is 2.30. The van der Waals surface area contributed by atoms with E-state index in [1.165, 1.54) is 0 Å². The Labute approximate surface area is 121 Å². The first-order chi connectivity index (χ1) is 8.52. The summed E-state index contributed by atoms with van der Waals surface area (Å²) < 4.78 is 1.03. The number of nitrogens with one attached hydrogen (secondary N) is 1. The average molecular weight is 331 g/mol. The molecule has 0 heterocycles. The van der Waals surface area contributed by atoms with Gasteiger partial charge in [-0.05, 0) is 31.5 Å². The van der Waals surface area contributed by atoms with Gasteiger partial charge in [0.15, 0.2) is 0 Å². The van der Waals surface area contributed by atoms with Gasteiger partial charge in [0, 0.05) is 22.3 Å². The molecule has 5 heteroatoms. The first-order valence-electron chi connectivity index (χ1n) is 5.89. The number of rotatable bonds is 6. The van der Waals surface area contributed by atoms with Crippen molar-refractivity contribution in [3.05, 3.63) is 34.3 Å². The van der Waals surface area contributed by atoms with Crippen LogP contribution in [0.5, 0.6) is 0 Å². The first kappa shape index (κ1) is 15.5. The minimum absolute atomic E-state index is 0.0587. The van der Waals surface area contributed by atoms with Crippen molar-refractivity contribution in [3.8, 4) is 0 Å². The maximum atomic E-state index is 11.6. The van der Waals surface area contributed by atoms with Gasteiger partial charge in [0.25, 0.3) is 0 Å². The molecule has 1 atom stereocenters. The second kappa shape index (κ2) is 7.81. The topological polar surface area (TPSA) is 55.1 Å². The van der Waals surface area contributed by atoms with Crippen LogP contribution >= 0.6 is 27.7 Å². The van der Waals surface area contributed by atoms with E-state index >= 15 is 0 Å². The molecule has 0 spiro atoms. The zero-order valence-electron chi connectivity index (χ0n) is 10.7. The Bertz CT molecular complexity index is 398. The summed E-state index contributed by atoms with van der Waals surface area (Å²) in [4.78, 5) is 11.6. The molecule has 100 valence electrons. The van der Waals surface area contributed by atoms with Gasteiger partial charge in [-0.3, -0.25) is 4.79 Å². The average Bonchev–Trinajstić information content (AvgIpc) is 2.29. The van der Waals surface area contributed by atoms with E-state index in [0.717, 1.165) is 10.0 Å². The Morgan fingerprint density at radius 1 is 1.50 bits per heavy atom. The Morgan fingerprint density at radius 3 is 2.78 bits per heavy atom. The summed E-state index contributed by atoms with van der Waals surface area (Å²) in [5, 5.41) is 3.03. The lowest BCUT2D eigenvalue weighted by atomic mass is 10.1. The van der Waals surface area contributed by atoms with E-state index in [1.54, 1.807) is 11.8 Å². The molecule has 1 unspecified atom stereocenters. The van der Waals surface area contributed by atoms with Crippen LogP contribution in [0, 0.1) is 0 Å². The van der Waals surface area contributed by atoms with Crippen molar-refractivity contribution in [2.75, 3.05) is 12.3 Å². The van der Waals surface area contributed by atoms with Crippen molar-refractivity contribution in [3.63, 3.8) is 0 Å². The largest absolute Gasteiger partial charge is 0.353 e. The molecule has 0 fully saturated rings. The smallest absolute Gasteiger partial charge is 0.230 e. The fourth-order valence-electron chi connectivity index (χ4n) is 1.55. The van der Waals surface area contributed by atoms with Gasteiger partial charge in [-0.1, -0.05) is 28.1 Å². The summed E-state index contributed by atoms with van der Waals surface area (Å²) >= 11 is 5.02. The summed E-state index contributed by atoms with van der Waals surface area (Å²) in [6.45, 7) is 4.44. The van der Waals surface area contributed by atoms with Crippen molar-refractivity contribution in [2.45, 2.75) is 25.1 Å². The lowest BCUT2D eigenvalue weighted by Crippen LogP contribution is -2.32. The number of amides is 1. The van der Waals surface area contributed by atoms with Gasteiger partial charge in [0.05, 0.1) is 5.75 Å². The van der Waals surface area contributed by atoms with Crippen LogP contribution in [0.25, 0.3) is 0 Å². The Hall–Kier alpha value is -0.520. The zero-order valence-corrected chi connectivity index (χ0v) is 13.1. The molecule has 3 N–H and O–H groups in total. The molecule has 0 bridgehead atoms. The lowest BCUT2D eigenvalue weighted by Gasteiger charge is -2.15. The maximum Gasteiger partial charge on any atom is 0.230 e. The molecule has 0 aliphatic carbocycles. The molecule has 0 aliphatic heterocycles. The monoisotopic (exact) mass is 330 g/mol. The number of benzene rings is 1. The van der Waals surface area contributed by atoms with Crippen LogP contribution in [-0.2, 0) is 4.79 Å². The summed E-state index contributed by atoms with van der Waals surface area (Å²) in [6.07, 6.45) is 0. The standard InChI is InChI=1S/C13H19BrN2OS/c1-9(2)16-13(17)8-18-12(7-15)10-4-3-5-11(14)6-10/h3-6,9,12H,7-8,15H2,1-2H3,(H,16,17). The van der Waals surface area contributed by atoms with Crippen LogP contribution in [0.4, 0.5) is 0 Å². The normalized spacial score (nSPS) is 12.5. The van der Waals surface area contributed by atoms with Gasteiger partial charge in [-0.2, -0.15) is 0 Å². The second-order valence-corrected chi connectivity index (χ2v) is 6.42. The highest BCUT2D eigenvalue weighted by molar-refractivity contribution is 9.10. The van der Waals surface area contributed by atoms with Gasteiger partial charge in [-0.25, -0.2) is 0 Å². The number of halogens is 1. The fourth-order valence-corrected chi connectivity index (χ4v) is 2.88. The van der Waals surface area contributed by atoms with E-state index in [0.29, 0.717) is 12.3 Å². The lowest BCUT2D eigenvalue weighted by molar-refractivity contribution is -0.119. The molecular weight excluding hydrogens is 312 g/mol. The highest BCUT2D eigenvalue weighted by atomic mass is 79.9. The molecule has 1 rings (SSSR count). The quantitative estimate of drug-likeness (QED) is 0.843. The highest BCUT2D eigenvalue weighted by Gasteiger charge is 2.13. The van der Waals surface area contributed by atoms with Gasteiger partial charge in [0.2, 0.25) is 5.91 Å². The number of nitrogens with two attached hydrogens (primary N) is 1. The fraction of sp³-hybridized carbons (Fsp3) is 0.462. The predicted octanol–water partition coefficient (Wildman–Crippen LogP) is 2.71. The van der Waals surface area contributed by atoms with Crippen molar-refractivity contribution >= 4 is 33.6 Å². The van der Waals surface area contributed by atoms with Crippen molar-refractivity contribution < 1.29 is 4.79 Å². The molecule has 18 heavy (non-hydrogen) atoms. The van der Waals surface area contributed by atoms with Crippen molar-refractivity contribution in [2.24, 2.45) is 5.73 Å². The molecule has 1 aromatic carbocycles. The number of hydrogen-bond acceptors (Lipinski definition) is 3. The summed E-state index contributed by atoms with van der Waals surface area (Å²) in [5.41, 5.74) is 6.92. The molecule has 0 saturated carbocycles. The van der Waals surface area contributed by atoms with E-state index in [9.17, 15) is 4.79 Å². The van der Waals surface area contributed by atoms with Crippen LogP contribution in [-0.4, -0.2) is 24.2 Å². The second-order valence-electron chi connectivity index (χ2n) is 4.31. The zero-order chi connectivity index (χ0) is 13.5. The van der Waals surface area contributed by atoms with Crippen molar-refractivity contribution in [1.29, 1.82) is 0 Å². The number of hydrogen-bond donors (Lipinski definition) is 2. The molecule has 1 aromatic rings. The minimum atomic E-state index is 0.0587. The molecule has 1 amide bonds. The van der Waals surface area contributed by atoms with E-state index in [2.05, 4.69) is 21.2 Å². The van der Waals surface area contributed by atoms with E-state index in [1.807, 2.05) is 38.1 Å². The minimum Gasteiger partial charge on any atom is -0.353 e. The maximum absolute atomic E-state index is 11.6. The third-order valence-corrected chi connectivity index (χ3v) is 4.09. The van der Waals surface area contributed by atoms with Crippen LogP contribution < -0.4 is 11.1 Å². The van der Waals surface area contributed by atoms with E-state index in [4.69, 9.17) is 5.73 Å². The number of carbonyl (C=O) groups is 1. The summed E-state index contributed by atoms with van der Waals surface area (Å²) in [6, 6.07) is 8.23. The predicted molar refractivity (Wildman–Crippen MR) is 81.7 cm³/mol.